The summed E-state index contributed by atoms with van der Waals surface area (Å²) >= 11 is 0. The predicted molar refractivity (Wildman–Crippen MR) is 93.0 cm³/mol. The molecule has 1 heterocycles. The summed E-state index contributed by atoms with van der Waals surface area (Å²) < 4.78 is 11.0. The van der Waals surface area contributed by atoms with Crippen LogP contribution in [0.15, 0.2) is 67.2 Å². The quantitative estimate of drug-likeness (QED) is 0.631. The fourth-order valence-electron chi connectivity index (χ4n) is 2.66. The van der Waals surface area contributed by atoms with E-state index in [1.807, 2.05) is 30.3 Å². The Hall–Kier alpha value is -2.57. The Bertz CT molecular complexity index is 655. The maximum Gasteiger partial charge on any atom is 0.295 e. The van der Waals surface area contributed by atoms with Gasteiger partial charge in [0.15, 0.2) is 5.76 Å². The lowest BCUT2D eigenvalue weighted by molar-refractivity contribution is -0.153. The zero-order chi connectivity index (χ0) is 18.3. The van der Waals surface area contributed by atoms with E-state index < -0.39 is 11.6 Å². The van der Waals surface area contributed by atoms with Gasteiger partial charge in [-0.1, -0.05) is 55.6 Å². The van der Waals surface area contributed by atoms with E-state index in [9.17, 15) is 15.0 Å². The number of carbonyl (C=O) groups is 1. The number of aliphatic hydroxyl groups is 2. The minimum Gasteiger partial charge on any atom is -0.485 e. The maximum atomic E-state index is 12.8. The first-order valence-electron chi connectivity index (χ1n) is 7.99. The Morgan fingerprint density at radius 2 is 1.76 bits per heavy atom. The fourth-order valence-corrected chi connectivity index (χ4v) is 2.66. The third-order valence-corrected chi connectivity index (χ3v) is 3.79. The zero-order valence-electron chi connectivity index (χ0n) is 14.1. The van der Waals surface area contributed by atoms with Crippen LogP contribution >= 0.6 is 0 Å². The molecule has 6 nitrogen and oxygen atoms in total. The molecule has 0 aromatic heterocycles. The molecule has 0 spiro atoms. The molecule has 6 heteroatoms. The number of ether oxygens (including phenoxy) is 2. The molecule has 2 rings (SSSR count). The summed E-state index contributed by atoms with van der Waals surface area (Å²) in [6.07, 6.45) is 2.90. The Labute approximate surface area is 147 Å². The van der Waals surface area contributed by atoms with E-state index in [4.69, 9.17) is 9.47 Å². The monoisotopic (exact) mass is 345 g/mol. The van der Waals surface area contributed by atoms with Crippen LogP contribution in [0.5, 0.6) is 0 Å². The lowest BCUT2D eigenvalue weighted by atomic mass is 10.1. The highest BCUT2D eigenvalue weighted by Gasteiger charge is 2.53. The maximum absolute atomic E-state index is 12.8. The molecule has 1 aliphatic heterocycles. The molecular formula is C19H23NO5. The summed E-state index contributed by atoms with van der Waals surface area (Å²) in [6, 6.07) is 9.25. The molecule has 2 N–H and O–H groups in total. The van der Waals surface area contributed by atoms with Gasteiger partial charge in [-0.3, -0.25) is 9.69 Å². The molecule has 1 aromatic rings. The van der Waals surface area contributed by atoms with Crippen LogP contribution in [0.25, 0.3) is 0 Å². The van der Waals surface area contributed by atoms with Gasteiger partial charge in [0.1, 0.15) is 13.2 Å². The van der Waals surface area contributed by atoms with Crippen LogP contribution in [0.3, 0.4) is 0 Å². The first kappa shape index (κ1) is 18.8. The standard InChI is InChI=1S/C19H23NO5/c1-3-12-24-16-17(25-13-4-2)19(23,10-11-21)20(18(16)22)14-15-8-6-5-7-9-15/h3-9,21,23H,1-2,10-14H2. The van der Waals surface area contributed by atoms with Gasteiger partial charge >= 0.3 is 0 Å². The van der Waals surface area contributed by atoms with Gasteiger partial charge in [-0.25, -0.2) is 0 Å². The molecule has 1 aromatic carbocycles. The second-order valence-corrected chi connectivity index (χ2v) is 5.52. The van der Waals surface area contributed by atoms with Gasteiger partial charge in [0, 0.05) is 19.6 Å². The molecule has 1 unspecified atom stereocenters. The van der Waals surface area contributed by atoms with Crippen LogP contribution in [0.1, 0.15) is 12.0 Å². The number of carbonyl (C=O) groups excluding carboxylic acids is 1. The molecular weight excluding hydrogens is 322 g/mol. The molecule has 1 amide bonds. The highest BCUT2D eigenvalue weighted by molar-refractivity contribution is 5.96. The molecule has 0 aliphatic carbocycles. The van der Waals surface area contributed by atoms with Crippen LogP contribution in [-0.2, 0) is 20.8 Å². The largest absolute Gasteiger partial charge is 0.485 e. The number of nitrogens with zero attached hydrogens (tertiary/aromatic N) is 1. The molecule has 0 radical (unpaired) electrons. The molecule has 1 aliphatic rings. The van der Waals surface area contributed by atoms with Crippen molar-refractivity contribution in [1.29, 1.82) is 0 Å². The average Bonchev–Trinajstić information content (AvgIpc) is 2.80. The molecule has 0 fully saturated rings. The van der Waals surface area contributed by atoms with Crippen LogP contribution in [-0.4, -0.2) is 46.6 Å². The van der Waals surface area contributed by atoms with E-state index in [2.05, 4.69) is 13.2 Å². The van der Waals surface area contributed by atoms with Crippen molar-refractivity contribution in [3.8, 4) is 0 Å². The van der Waals surface area contributed by atoms with Gasteiger partial charge in [0.05, 0.1) is 0 Å². The van der Waals surface area contributed by atoms with Crippen molar-refractivity contribution in [2.75, 3.05) is 19.8 Å². The van der Waals surface area contributed by atoms with Crippen molar-refractivity contribution in [2.24, 2.45) is 0 Å². The number of amides is 1. The average molecular weight is 345 g/mol. The minimum atomic E-state index is -1.79. The van der Waals surface area contributed by atoms with Crippen molar-refractivity contribution in [3.05, 3.63) is 72.7 Å². The van der Waals surface area contributed by atoms with Crippen molar-refractivity contribution in [1.82, 2.24) is 4.90 Å². The Kier molecular flexibility index (Phi) is 6.38. The highest BCUT2D eigenvalue weighted by atomic mass is 16.5. The fraction of sp³-hybridized carbons (Fsp3) is 0.316. The van der Waals surface area contributed by atoms with Gasteiger partial charge < -0.3 is 19.7 Å². The minimum absolute atomic E-state index is 0.00997. The number of aliphatic hydroxyl groups excluding tert-OH is 1. The van der Waals surface area contributed by atoms with Crippen LogP contribution < -0.4 is 0 Å². The molecule has 1 atom stereocenters. The van der Waals surface area contributed by atoms with E-state index in [0.717, 1.165) is 5.56 Å². The van der Waals surface area contributed by atoms with E-state index in [0.29, 0.717) is 0 Å². The third-order valence-electron chi connectivity index (χ3n) is 3.79. The summed E-state index contributed by atoms with van der Waals surface area (Å²) in [4.78, 5) is 14.1. The van der Waals surface area contributed by atoms with Gasteiger partial charge in [0.2, 0.25) is 11.5 Å². The summed E-state index contributed by atoms with van der Waals surface area (Å²) in [7, 11) is 0. The first-order chi connectivity index (χ1) is 12.1. The Balaban J connectivity index is 2.40. The van der Waals surface area contributed by atoms with E-state index in [1.54, 1.807) is 0 Å². The number of hydrogen-bond donors (Lipinski definition) is 2. The highest BCUT2D eigenvalue weighted by Crippen LogP contribution is 2.38. The smallest absolute Gasteiger partial charge is 0.295 e. The van der Waals surface area contributed by atoms with Gasteiger partial charge in [-0.2, -0.15) is 0 Å². The zero-order valence-corrected chi connectivity index (χ0v) is 14.1. The first-order valence-corrected chi connectivity index (χ1v) is 7.99. The van der Waals surface area contributed by atoms with Crippen molar-refractivity contribution in [3.63, 3.8) is 0 Å². The van der Waals surface area contributed by atoms with Gasteiger partial charge in [-0.15, -0.1) is 0 Å². The van der Waals surface area contributed by atoms with Crippen LogP contribution in [0.2, 0.25) is 0 Å². The third kappa shape index (κ3) is 3.92. The summed E-state index contributed by atoms with van der Waals surface area (Å²) in [5, 5.41) is 20.6. The van der Waals surface area contributed by atoms with Gasteiger partial charge in [0.25, 0.3) is 5.91 Å². The van der Waals surface area contributed by atoms with Crippen molar-refractivity contribution in [2.45, 2.75) is 18.7 Å². The van der Waals surface area contributed by atoms with Gasteiger partial charge in [-0.05, 0) is 5.56 Å². The lowest BCUT2D eigenvalue weighted by Crippen LogP contribution is -2.49. The number of hydrogen-bond acceptors (Lipinski definition) is 5. The second kappa shape index (κ2) is 8.50. The Morgan fingerprint density at radius 1 is 1.12 bits per heavy atom. The lowest BCUT2D eigenvalue weighted by Gasteiger charge is -2.34. The summed E-state index contributed by atoms with van der Waals surface area (Å²) in [6.45, 7) is 7.15. The molecule has 0 bridgehead atoms. The van der Waals surface area contributed by atoms with Crippen molar-refractivity contribution < 1.29 is 24.5 Å². The SMILES string of the molecule is C=CCOC1=C(OCC=C)C(O)(CCO)N(Cc2ccccc2)C1=O. The predicted octanol–water partition coefficient (Wildman–Crippen LogP) is 1.72. The Morgan fingerprint density at radius 3 is 2.36 bits per heavy atom. The topological polar surface area (TPSA) is 79.2 Å². The second-order valence-electron chi connectivity index (χ2n) is 5.52. The molecule has 134 valence electrons. The van der Waals surface area contributed by atoms with Crippen molar-refractivity contribution >= 4 is 5.91 Å². The molecule has 25 heavy (non-hydrogen) atoms. The van der Waals surface area contributed by atoms with E-state index in [-0.39, 0.29) is 44.3 Å². The van der Waals surface area contributed by atoms with Crippen LogP contribution in [0, 0.1) is 0 Å². The van der Waals surface area contributed by atoms with E-state index in [1.165, 1.54) is 17.1 Å². The summed E-state index contributed by atoms with van der Waals surface area (Å²) in [5.74, 6) is -0.585. The summed E-state index contributed by atoms with van der Waals surface area (Å²) in [5.41, 5.74) is -0.957. The molecule has 0 saturated heterocycles. The van der Waals surface area contributed by atoms with Crippen LogP contribution in [0.4, 0.5) is 0 Å². The van der Waals surface area contributed by atoms with E-state index >= 15 is 0 Å². The number of benzene rings is 1. The molecule has 0 saturated carbocycles. The normalized spacial score (nSPS) is 19.9. The number of rotatable bonds is 10.